The van der Waals surface area contributed by atoms with Crippen LogP contribution in [0, 0.1) is 6.92 Å². The zero-order chi connectivity index (χ0) is 12.4. The first-order chi connectivity index (χ1) is 8.06. The lowest BCUT2D eigenvalue weighted by Gasteiger charge is -2.03. The van der Waals surface area contributed by atoms with Gasteiger partial charge in [0.2, 0.25) is 11.4 Å². The maximum absolute atomic E-state index is 11.7. The summed E-state index contributed by atoms with van der Waals surface area (Å²) < 4.78 is 1.37. The second-order valence-corrected chi connectivity index (χ2v) is 3.57. The molecule has 2 heterocycles. The minimum atomic E-state index is -0.423. The predicted molar refractivity (Wildman–Crippen MR) is 60.8 cm³/mol. The van der Waals surface area contributed by atoms with Crippen LogP contribution in [0.15, 0.2) is 23.1 Å². The Morgan fingerprint density at radius 3 is 2.82 bits per heavy atom. The van der Waals surface area contributed by atoms with Crippen molar-refractivity contribution in [2.24, 2.45) is 7.05 Å². The van der Waals surface area contributed by atoms with Crippen LogP contribution in [-0.4, -0.2) is 25.7 Å². The number of hydrogen-bond acceptors (Lipinski definition) is 4. The first-order valence-corrected chi connectivity index (χ1v) is 4.93. The smallest absolute Gasteiger partial charge is 0.295 e. The average Bonchev–Trinajstić information content (AvgIpc) is 2.70. The maximum atomic E-state index is 11.7. The highest BCUT2D eigenvalue weighted by molar-refractivity contribution is 6.01. The Kier molecular flexibility index (Phi) is 2.73. The number of rotatable bonds is 2. The molecule has 0 aromatic carbocycles. The molecule has 0 aliphatic heterocycles. The van der Waals surface area contributed by atoms with Gasteiger partial charge in [0.25, 0.3) is 5.91 Å². The number of anilines is 1. The molecule has 7 nitrogen and oxygen atoms in total. The molecule has 88 valence electrons. The van der Waals surface area contributed by atoms with Crippen LogP contribution in [0.2, 0.25) is 0 Å². The second kappa shape index (κ2) is 4.20. The van der Waals surface area contributed by atoms with Gasteiger partial charge in [-0.1, -0.05) is 0 Å². The largest absolute Gasteiger partial charge is 0.318 e. The van der Waals surface area contributed by atoms with E-state index < -0.39 is 5.91 Å². The number of aryl methyl sites for hydroxylation is 2. The number of nitrogens with one attached hydrogen (secondary N) is 2. The van der Waals surface area contributed by atoms with Crippen LogP contribution >= 0.6 is 0 Å². The number of aromatic amines is 1. The van der Waals surface area contributed by atoms with Crippen molar-refractivity contribution < 1.29 is 4.79 Å². The van der Waals surface area contributed by atoms with E-state index in [1.165, 1.54) is 22.9 Å². The summed E-state index contributed by atoms with van der Waals surface area (Å²) in [5.41, 5.74) is 0.372. The molecule has 0 spiro atoms. The molecule has 0 aliphatic carbocycles. The number of nitrogens with zero attached hydrogens (tertiary/aromatic N) is 3. The van der Waals surface area contributed by atoms with Crippen molar-refractivity contribution in [3.63, 3.8) is 0 Å². The summed E-state index contributed by atoms with van der Waals surface area (Å²) in [6.07, 6.45) is 1.53. The van der Waals surface area contributed by atoms with Gasteiger partial charge in [0.15, 0.2) is 0 Å². The van der Waals surface area contributed by atoms with Crippen LogP contribution in [-0.2, 0) is 7.05 Å². The minimum Gasteiger partial charge on any atom is -0.318 e. The van der Waals surface area contributed by atoms with E-state index in [0.29, 0.717) is 11.5 Å². The fraction of sp³-hybridized carbons (Fsp3) is 0.200. The maximum Gasteiger partial charge on any atom is 0.295 e. The average molecular weight is 233 g/mol. The Balaban J connectivity index is 2.18. The van der Waals surface area contributed by atoms with Crippen molar-refractivity contribution in [1.29, 1.82) is 0 Å². The van der Waals surface area contributed by atoms with Crippen LogP contribution in [0.3, 0.4) is 0 Å². The van der Waals surface area contributed by atoms with Gasteiger partial charge in [0.05, 0.1) is 5.69 Å². The van der Waals surface area contributed by atoms with Crippen molar-refractivity contribution in [3.05, 3.63) is 40.3 Å². The molecule has 0 saturated heterocycles. The van der Waals surface area contributed by atoms with E-state index in [4.69, 9.17) is 0 Å². The summed E-state index contributed by atoms with van der Waals surface area (Å²) in [7, 11) is 1.61. The third kappa shape index (κ3) is 2.39. The summed E-state index contributed by atoms with van der Waals surface area (Å²) in [4.78, 5) is 26.7. The van der Waals surface area contributed by atoms with Gasteiger partial charge in [-0.05, 0) is 13.0 Å². The molecule has 0 fully saturated rings. The van der Waals surface area contributed by atoms with Crippen LogP contribution in [0.5, 0.6) is 0 Å². The molecule has 2 rings (SSSR count). The van der Waals surface area contributed by atoms with Gasteiger partial charge >= 0.3 is 0 Å². The number of carbonyl (C=O) groups is 1. The summed E-state index contributed by atoms with van der Waals surface area (Å²) >= 11 is 0. The molecule has 2 aromatic rings. The fourth-order valence-corrected chi connectivity index (χ4v) is 1.30. The van der Waals surface area contributed by atoms with Gasteiger partial charge < -0.3 is 9.88 Å². The number of H-pyrrole nitrogens is 1. The molecule has 0 radical (unpaired) electrons. The van der Waals surface area contributed by atoms with Crippen molar-refractivity contribution >= 4 is 11.6 Å². The first kappa shape index (κ1) is 11.1. The van der Waals surface area contributed by atoms with Gasteiger partial charge in [0, 0.05) is 19.3 Å². The molecular formula is C10H11N5O2. The third-order valence-electron chi connectivity index (χ3n) is 2.14. The van der Waals surface area contributed by atoms with Crippen molar-refractivity contribution in [2.75, 3.05) is 5.32 Å². The zero-order valence-electron chi connectivity index (χ0n) is 9.39. The predicted octanol–water partition coefficient (Wildman–Crippen LogP) is 0.0641. The number of carbonyl (C=O) groups excluding carboxylic acids is 1. The van der Waals surface area contributed by atoms with Crippen molar-refractivity contribution in [3.8, 4) is 0 Å². The standard InChI is InChI=1S/C10H11N5O2/c1-6-11-9(14-13-6)10(17)12-7-3-4-8(16)15(2)5-7/h3-5H,1-2H3,(H,12,17)(H,11,13,14). The van der Waals surface area contributed by atoms with Gasteiger partial charge in [0.1, 0.15) is 5.82 Å². The van der Waals surface area contributed by atoms with Crippen LogP contribution in [0.4, 0.5) is 5.69 Å². The van der Waals surface area contributed by atoms with E-state index in [1.807, 2.05) is 0 Å². The van der Waals surface area contributed by atoms with E-state index >= 15 is 0 Å². The van der Waals surface area contributed by atoms with E-state index in [0.717, 1.165) is 0 Å². The first-order valence-electron chi connectivity index (χ1n) is 4.93. The molecule has 0 bridgehead atoms. The van der Waals surface area contributed by atoms with Crippen molar-refractivity contribution in [2.45, 2.75) is 6.92 Å². The van der Waals surface area contributed by atoms with Crippen LogP contribution in [0.1, 0.15) is 16.4 Å². The normalized spacial score (nSPS) is 10.2. The third-order valence-corrected chi connectivity index (χ3v) is 2.14. The summed E-state index contributed by atoms with van der Waals surface area (Å²) in [5.74, 6) is 0.208. The highest BCUT2D eigenvalue weighted by Gasteiger charge is 2.11. The van der Waals surface area contributed by atoms with Crippen LogP contribution < -0.4 is 10.9 Å². The number of aromatic nitrogens is 4. The lowest BCUT2D eigenvalue weighted by atomic mass is 10.4. The highest BCUT2D eigenvalue weighted by atomic mass is 16.2. The second-order valence-electron chi connectivity index (χ2n) is 3.57. The van der Waals surface area contributed by atoms with Gasteiger partial charge in [-0.3, -0.25) is 14.7 Å². The molecule has 7 heteroatoms. The molecule has 2 N–H and O–H groups in total. The topological polar surface area (TPSA) is 92.7 Å². The number of amides is 1. The van der Waals surface area contributed by atoms with E-state index in [2.05, 4.69) is 20.5 Å². The lowest BCUT2D eigenvalue weighted by molar-refractivity contribution is 0.101. The van der Waals surface area contributed by atoms with Crippen molar-refractivity contribution in [1.82, 2.24) is 19.7 Å². The molecule has 2 aromatic heterocycles. The highest BCUT2D eigenvalue weighted by Crippen LogP contribution is 2.04. The lowest BCUT2D eigenvalue weighted by Crippen LogP contribution is -2.18. The molecule has 0 aliphatic rings. The Morgan fingerprint density at radius 1 is 1.47 bits per heavy atom. The van der Waals surface area contributed by atoms with E-state index in [9.17, 15) is 9.59 Å². The molecule has 0 unspecified atom stereocenters. The molecule has 17 heavy (non-hydrogen) atoms. The number of pyridine rings is 1. The van der Waals surface area contributed by atoms with Gasteiger partial charge in [-0.25, -0.2) is 4.98 Å². The quantitative estimate of drug-likeness (QED) is 0.767. The molecular weight excluding hydrogens is 222 g/mol. The van der Waals surface area contributed by atoms with Gasteiger partial charge in [-0.2, -0.15) is 0 Å². The molecule has 0 atom stereocenters. The zero-order valence-corrected chi connectivity index (χ0v) is 9.39. The van der Waals surface area contributed by atoms with E-state index in [1.54, 1.807) is 14.0 Å². The monoisotopic (exact) mass is 233 g/mol. The summed E-state index contributed by atoms with van der Waals surface area (Å²) in [6.45, 7) is 1.70. The minimum absolute atomic E-state index is 0.0661. The van der Waals surface area contributed by atoms with Gasteiger partial charge in [-0.15, -0.1) is 5.10 Å². The Hall–Kier alpha value is -2.44. The number of hydrogen-bond donors (Lipinski definition) is 2. The summed E-state index contributed by atoms with van der Waals surface area (Å²) in [6, 6.07) is 2.90. The summed E-state index contributed by atoms with van der Waals surface area (Å²) in [5, 5.41) is 8.91. The molecule has 1 amide bonds. The molecule has 0 saturated carbocycles. The Bertz CT molecular complexity index is 613. The fourth-order valence-electron chi connectivity index (χ4n) is 1.30. The van der Waals surface area contributed by atoms with E-state index in [-0.39, 0.29) is 11.4 Å². The Labute approximate surface area is 96.5 Å². The van der Waals surface area contributed by atoms with Crippen LogP contribution in [0.25, 0.3) is 0 Å². The SMILES string of the molecule is Cc1nc(C(=O)Nc2ccc(=O)n(C)c2)n[nH]1. The Morgan fingerprint density at radius 2 is 2.24 bits per heavy atom.